The number of hydrogen-bond acceptors (Lipinski definition) is 7. The highest BCUT2D eigenvalue weighted by Gasteiger charge is 2.36. The maximum Gasteiger partial charge on any atom is 0.325 e. The average Bonchev–Trinajstić information content (AvgIpc) is 2.73. The molecule has 2 N–H and O–H groups in total. The highest BCUT2D eigenvalue weighted by molar-refractivity contribution is 6.67. The Balaban J connectivity index is 2.74. The number of alkyl halides is 3. The van der Waals surface area contributed by atoms with E-state index in [0.717, 1.165) is 0 Å². The fourth-order valence-electron chi connectivity index (χ4n) is 2.80. The van der Waals surface area contributed by atoms with Crippen LogP contribution < -0.4 is 10.7 Å². The predicted octanol–water partition coefficient (Wildman–Crippen LogP) is 2.68. The predicted molar refractivity (Wildman–Crippen MR) is 125 cm³/mol. The lowest BCUT2D eigenvalue weighted by Crippen LogP contribution is -2.60. The molecule has 1 heterocycles. The van der Waals surface area contributed by atoms with Crippen molar-refractivity contribution in [3.05, 3.63) is 12.7 Å². The van der Waals surface area contributed by atoms with E-state index in [1.54, 1.807) is 27.7 Å². The third-order valence-electron chi connectivity index (χ3n) is 4.98. The molecule has 0 aromatic carbocycles. The Bertz CT molecular complexity index is 754. The SMILES string of the molecule is C=CC(C)(C)C(=O)O[C@H](C(=O)N[C@@H](C)C(=O)N1CCC[C@@H](C(=O)OCC(Cl)(Cl)Cl)N1)C(C)C. The van der Waals surface area contributed by atoms with Crippen LogP contribution in [0.3, 0.4) is 0 Å². The summed E-state index contributed by atoms with van der Waals surface area (Å²) in [4.78, 5) is 50.2. The second-order valence-electron chi connectivity index (χ2n) is 8.76. The number of ether oxygens (including phenoxy) is 2. The van der Waals surface area contributed by atoms with Crippen molar-refractivity contribution in [1.82, 2.24) is 15.8 Å². The maximum absolute atomic E-state index is 12.9. The highest BCUT2D eigenvalue weighted by atomic mass is 35.6. The molecule has 188 valence electrons. The fraction of sp³-hybridized carbons (Fsp3) is 0.714. The van der Waals surface area contributed by atoms with Crippen LogP contribution in [0.25, 0.3) is 0 Å². The van der Waals surface area contributed by atoms with Crippen LogP contribution in [0, 0.1) is 11.3 Å². The van der Waals surface area contributed by atoms with Crippen molar-refractivity contribution in [2.75, 3.05) is 13.2 Å². The van der Waals surface area contributed by atoms with E-state index in [-0.39, 0.29) is 5.92 Å². The first-order valence-corrected chi connectivity index (χ1v) is 11.7. The summed E-state index contributed by atoms with van der Waals surface area (Å²) in [5.41, 5.74) is 1.82. The third kappa shape index (κ3) is 9.31. The number of rotatable bonds is 9. The van der Waals surface area contributed by atoms with Gasteiger partial charge in [0.2, 0.25) is 3.79 Å². The minimum Gasteiger partial charge on any atom is -0.460 e. The molecule has 9 nitrogen and oxygen atoms in total. The minimum atomic E-state index is -1.74. The molecule has 1 aliphatic rings. The summed E-state index contributed by atoms with van der Waals surface area (Å²) in [5, 5.41) is 3.82. The Hall–Kier alpha value is -1.55. The minimum absolute atomic E-state index is 0.323. The summed E-state index contributed by atoms with van der Waals surface area (Å²) < 4.78 is 8.63. The summed E-state index contributed by atoms with van der Waals surface area (Å²) in [6.07, 6.45) is 1.29. The number of hydrogen-bond donors (Lipinski definition) is 2. The summed E-state index contributed by atoms with van der Waals surface area (Å²) in [5.74, 6) is -2.66. The van der Waals surface area contributed by atoms with Gasteiger partial charge in [0, 0.05) is 6.54 Å². The lowest BCUT2D eigenvalue weighted by Gasteiger charge is -2.34. The van der Waals surface area contributed by atoms with Gasteiger partial charge in [-0.05, 0) is 39.5 Å². The van der Waals surface area contributed by atoms with Gasteiger partial charge in [-0.2, -0.15) is 0 Å². The van der Waals surface area contributed by atoms with Crippen LogP contribution in [-0.2, 0) is 28.7 Å². The van der Waals surface area contributed by atoms with Gasteiger partial charge in [-0.1, -0.05) is 54.7 Å². The lowest BCUT2D eigenvalue weighted by molar-refractivity contribution is -0.165. The zero-order valence-corrected chi connectivity index (χ0v) is 21.7. The monoisotopic (exact) mass is 527 g/mol. The number of carbonyl (C=O) groups excluding carboxylic acids is 4. The van der Waals surface area contributed by atoms with Crippen molar-refractivity contribution in [2.45, 2.75) is 69.4 Å². The van der Waals surface area contributed by atoms with Crippen molar-refractivity contribution in [3.63, 3.8) is 0 Å². The molecule has 0 radical (unpaired) electrons. The van der Waals surface area contributed by atoms with Crippen LogP contribution in [0.15, 0.2) is 12.7 Å². The van der Waals surface area contributed by atoms with Crippen LogP contribution in [0.5, 0.6) is 0 Å². The van der Waals surface area contributed by atoms with Crippen LogP contribution in [-0.4, -0.2) is 63.9 Å². The first kappa shape index (κ1) is 29.5. The fourth-order valence-corrected chi connectivity index (χ4v) is 2.97. The van der Waals surface area contributed by atoms with E-state index >= 15 is 0 Å². The lowest BCUT2D eigenvalue weighted by atomic mass is 9.94. The molecule has 3 atom stereocenters. The Morgan fingerprint density at radius 1 is 1.21 bits per heavy atom. The van der Waals surface area contributed by atoms with Gasteiger partial charge in [-0.15, -0.1) is 6.58 Å². The molecule has 1 saturated heterocycles. The molecule has 0 saturated carbocycles. The summed E-state index contributed by atoms with van der Waals surface area (Å²) in [7, 11) is 0. The first-order valence-electron chi connectivity index (χ1n) is 10.5. The molecule has 1 aliphatic heterocycles. The maximum atomic E-state index is 12.9. The van der Waals surface area contributed by atoms with Gasteiger partial charge in [0.15, 0.2) is 6.10 Å². The second-order valence-corrected chi connectivity index (χ2v) is 11.3. The number of halogens is 3. The molecule has 0 bridgehead atoms. The smallest absolute Gasteiger partial charge is 0.325 e. The number of nitrogens with zero attached hydrogens (tertiary/aromatic N) is 1. The van der Waals surface area contributed by atoms with Crippen molar-refractivity contribution in [1.29, 1.82) is 0 Å². The van der Waals surface area contributed by atoms with Crippen LogP contribution in [0.1, 0.15) is 47.5 Å². The number of nitrogens with one attached hydrogen (secondary N) is 2. The highest BCUT2D eigenvalue weighted by Crippen LogP contribution is 2.26. The molecule has 1 fully saturated rings. The average molecular weight is 529 g/mol. The van der Waals surface area contributed by atoms with E-state index in [4.69, 9.17) is 44.3 Å². The molecule has 12 heteroatoms. The van der Waals surface area contributed by atoms with Gasteiger partial charge in [0.1, 0.15) is 18.7 Å². The first-order chi connectivity index (χ1) is 15.1. The number of amides is 2. The molecule has 2 amide bonds. The molecular formula is C21H32Cl3N3O6. The van der Waals surface area contributed by atoms with E-state index in [1.165, 1.54) is 18.0 Å². The quantitative estimate of drug-likeness (QED) is 0.269. The number of carbonyl (C=O) groups is 4. The molecule has 0 aliphatic carbocycles. The van der Waals surface area contributed by atoms with E-state index < -0.39 is 57.8 Å². The summed E-state index contributed by atoms with van der Waals surface area (Å²) >= 11 is 16.8. The molecule has 0 aromatic rings. The van der Waals surface area contributed by atoms with Crippen LogP contribution in [0.2, 0.25) is 0 Å². The van der Waals surface area contributed by atoms with Gasteiger partial charge in [-0.25, -0.2) is 5.43 Å². The molecule has 33 heavy (non-hydrogen) atoms. The van der Waals surface area contributed by atoms with E-state index in [9.17, 15) is 19.2 Å². The Morgan fingerprint density at radius 3 is 2.33 bits per heavy atom. The Labute approximate surface area is 209 Å². The zero-order valence-electron chi connectivity index (χ0n) is 19.5. The second kappa shape index (κ2) is 12.2. The van der Waals surface area contributed by atoms with Gasteiger partial charge in [-0.3, -0.25) is 24.2 Å². The van der Waals surface area contributed by atoms with E-state index in [1.807, 2.05) is 0 Å². The van der Waals surface area contributed by atoms with Crippen molar-refractivity contribution in [2.24, 2.45) is 11.3 Å². The summed E-state index contributed by atoms with van der Waals surface area (Å²) in [6.45, 7) is 11.7. The number of hydrazine groups is 1. The topological polar surface area (TPSA) is 114 Å². The molecule has 0 unspecified atom stereocenters. The van der Waals surface area contributed by atoms with Crippen molar-refractivity contribution in [3.8, 4) is 0 Å². The van der Waals surface area contributed by atoms with E-state index in [2.05, 4.69) is 17.3 Å². The van der Waals surface area contributed by atoms with Gasteiger partial charge >= 0.3 is 11.9 Å². The summed E-state index contributed by atoms with van der Waals surface area (Å²) in [6, 6.07) is -1.75. The van der Waals surface area contributed by atoms with E-state index in [0.29, 0.717) is 19.4 Å². The van der Waals surface area contributed by atoms with Crippen LogP contribution in [0.4, 0.5) is 0 Å². The van der Waals surface area contributed by atoms with Gasteiger partial charge in [0.25, 0.3) is 11.8 Å². The Morgan fingerprint density at radius 2 is 1.82 bits per heavy atom. The largest absolute Gasteiger partial charge is 0.460 e. The van der Waals surface area contributed by atoms with Crippen LogP contribution >= 0.6 is 34.8 Å². The zero-order chi connectivity index (χ0) is 25.6. The standard InChI is InChI=1S/C21H32Cl3N3O6/c1-7-20(5,6)19(31)33-15(12(2)3)16(28)25-13(4)17(29)27-10-8-9-14(26-27)18(30)32-11-21(22,23)24/h7,12-15,26H,1,8-11H2,2-6H3,(H,25,28)/t13-,14-,15-/m0/s1. The van der Waals surface area contributed by atoms with Crippen molar-refractivity contribution >= 4 is 58.6 Å². The molecule has 1 rings (SSSR count). The normalized spacial score (nSPS) is 18.8. The molecule has 0 spiro atoms. The number of esters is 2. The molecule has 0 aromatic heterocycles. The third-order valence-corrected chi connectivity index (χ3v) is 5.31. The molecular weight excluding hydrogens is 497 g/mol. The van der Waals surface area contributed by atoms with Gasteiger partial charge < -0.3 is 14.8 Å². The van der Waals surface area contributed by atoms with Gasteiger partial charge in [0.05, 0.1) is 5.41 Å². The Kier molecular flexibility index (Phi) is 10.9. The van der Waals surface area contributed by atoms with Crippen molar-refractivity contribution < 1.29 is 28.7 Å².